The number of aryl methyl sites for hydroxylation is 1. The molecule has 0 saturated heterocycles. The molecule has 1 amide bonds. The Morgan fingerprint density at radius 2 is 1.83 bits per heavy atom. The molecule has 1 N–H and O–H groups in total. The third-order valence-corrected chi connectivity index (χ3v) is 4.76. The van der Waals surface area contributed by atoms with Crippen LogP contribution < -0.4 is 4.72 Å². The molecule has 0 fully saturated rings. The second-order valence-electron chi connectivity index (χ2n) is 5.24. The topological polar surface area (TPSA) is 68.2 Å². The van der Waals surface area contributed by atoms with Crippen LogP contribution in [0.3, 0.4) is 0 Å². The van der Waals surface area contributed by atoms with Gasteiger partial charge in [0.2, 0.25) is 5.91 Å². The van der Waals surface area contributed by atoms with E-state index in [-0.39, 0.29) is 18.0 Å². The van der Waals surface area contributed by atoms with E-state index in [0.29, 0.717) is 6.07 Å². The standard InChI is InChI=1S/C15H16F2N2O3S/c1-10-7-13(17)14(9-12(10)16)23(21,22)18-15(20)8-11(2)19-5-3-4-6-19/h3-7,9,11H,8H2,1-2H3,(H,18,20)/t11-/m1/s1. The van der Waals surface area contributed by atoms with Crippen molar-refractivity contribution in [3.63, 3.8) is 0 Å². The molecule has 5 nitrogen and oxygen atoms in total. The lowest BCUT2D eigenvalue weighted by atomic mass is 10.2. The van der Waals surface area contributed by atoms with Crippen LogP contribution in [0, 0.1) is 18.6 Å². The van der Waals surface area contributed by atoms with Crippen molar-refractivity contribution in [1.82, 2.24) is 9.29 Å². The molecule has 0 spiro atoms. The zero-order chi connectivity index (χ0) is 17.2. The van der Waals surface area contributed by atoms with Crippen LogP contribution in [0.4, 0.5) is 8.78 Å². The van der Waals surface area contributed by atoms with Crippen LogP contribution in [0.5, 0.6) is 0 Å². The number of halogens is 2. The molecule has 2 rings (SSSR count). The minimum absolute atomic E-state index is 0.0194. The Labute approximate surface area is 133 Å². The van der Waals surface area contributed by atoms with Crippen LogP contribution in [0.25, 0.3) is 0 Å². The average molecular weight is 342 g/mol. The third kappa shape index (κ3) is 3.95. The highest BCUT2D eigenvalue weighted by Gasteiger charge is 2.24. The Bertz CT molecular complexity index is 817. The molecule has 23 heavy (non-hydrogen) atoms. The van der Waals surface area contributed by atoms with Gasteiger partial charge in [0.25, 0.3) is 10.0 Å². The molecule has 0 aliphatic heterocycles. The van der Waals surface area contributed by atoms with E-state index in [1.807, 2.05) is 0 Å². The second kappa shape index (κ2) is 6.49. The molecule has 0 bridgehead atoms. The van der Waals surface area contributed by atoms with E-state index in [9.17, 15) is 22.0 Å². The number of carbonyl (C=O) groups excluding carboxylic acids is 1. The molecule has 0 aliphatic rings. The Kier molecular flexibility index (Phi) is 4.84. The molecular formula is C15H16F2N2O3S. The van der Waals surface area contributed by atoms with Gasteiger partial charge in [-0.05, 0) is 43.7 Å². The summed E-state index contributed by atoms with van der Waals surface area (Å²) in [4.78, 5) is 11.0. The number of aromatic nitrogens is 1. The van der Waals surface area contributed by atoms with Crippen molar-refractivity contribution in [3.05, 3.63) is 53.9 Å². The summed E-state index contributed by atoms with van der Waals surface area (Å²) in [6.07, 6.45) is 3.35. The Balaban J connectivity index is 2.15. The molecule has 1 aromatic heterocycles. The number of benzene rings is 1. The van der Waals surface area contributed by atoms with Gasteiger partial charge >= 0.3 is 0 Å². The van der Waals surface area contributed by atoms with Gasteiger partial charge in [-0.1, -0.05) is 0 Å². The van der Waals surface area contributed by atoms with Crippen LogP contribution in [0.15, 0.2) is 41.6 Å². The van der Waals surface area contributed by atoms with Gasteiger partial charge in [0.1, 0.15) is 16.5 Å². The van der Waals surface area contributed by atoms with E-state index in [4.69, 9.17) is 0 Å². The van der Waals surface area contributed by atoms with Crippen molar-refractivity contribution < 1.29 is 22.0 Å². The summed E-state index contributed by atoms with van der Waals surface area (Å²) >= 11 is 0. The zero-order valence-electron chi connectivity index (χ0n) is 12.6. The maximum absolute atomic E-state index is 13.8. The van der Waals surface area contributed by atoms with E-state index >= 15 is 0 Å². The lowest BCUT2D eigenvalue weighted by Crippen LogP contribution is -2.32. The maximum Gasteiger partial charge on any atom is 0.267 e. The van der Waals surface area contributed by atoms with Crippen LogP contribution in [0.1, 0.15) is 24.9 Å². The Hall–Kier alpha value is -2.22. The van der Waals surface area contributed by atoms with E-state index in [2.05, 4.69) is 0 Å². The van der Waals surface area contributed by atoms with Gasteiger partial charge in [-0.15, -0.1) is 0 Å². The summed E-state index contributed by atoms with van der Waals surface area (Å²) in [7, 11) is -4.47. The van der Waals surface area contributed by atoms with Gasteiger partial charge in [0.05, 0.1) is 0 Å². The highest BCUT2D eigenvalue weighted by molar-refractivity contribution is 7.90. The first kappa shape index (κ1) is 17.1. The molecule has 0 aliphatic carbocycles. The highest BCUT2D eigenvalue weighted by Crippen LogP contribution is 2.19. The lowest BCUT2D eigenvalue weighted by Gasteiger charge is -2.14. The SMILES string of the molecule is Cc1cc(F)c(S(=O)(=O)NC(=O)C[C@@H](C)n2cccc2)cc1F. The summed E-state index contributed by atoms with van der Waals surface area (Å²) in [6, 6.07) is 4.61. The quantitative estimate of drug-likeness (QED) is 0.908. The Morgan fingerprint density at radius 1 is 1.22 bits per heavy atom. The normalized spacial score (nSPS) is 12.9. The predicted octanol–water partition coefficient (Wildman–Crippen LogP) is 2.53. The van der Waals surface area contributed by atoms with Crippen molar-refractivity contribution in [1.29, 1.82) is 0 Å². The number of sulfonamides is 1. The third-order valence-electron chi connectivity index (χ3n) is 3.37. The van der Waals surface area contributed by atoms with Gasteiger partial charge in [0.15, 0.2) is 0 Å². The molecule has 1 aromatic carbocycles. The molecule has 0 saturated carbocycles. The van der Waals surface area contributed by atoms with Crippen molar-refractivity contribution in [2.24, 2.45) is 0 Å². The fourth-order valence-electron chi connectivity index (χ4n) is 2.10. The minimum Gasteiger partial charge on any atom is -0.351 e. The van der Waals surface area contributed by atoms with Crippen molar-refractivity contribution in [3.8, 4) is 0 Å². The van der Waals surface area contributed by atoms with E-state index in [1.54, 1.807) is 40.7 Å². The maximum atomic E-state index is 13.8. The summed E-state index contributed by atoms with van der Waals surface area (Å²) in [5, 5.41) is 0. The van der Waals surface area contributed by atoms with Gasteiger partial charge in [-0.25, -0.2) is 21.9 Å². The van der Waals surface area contributed by atoms with Crippen molar-refractivity contribution in [2.75, 3.05) is 0 Å². The molecule has 1 heterocycles. The first-order valence-electron chi connectivity index (χ1n) is 6.84. The number of nitrogens with one attached hydrogen (secondary N) is 1. The lowest BCUT2D eigenvalue weighted by molar-refractivity contribution is -0.120. The summed E-state index contributed by atoms with van der Waals surface area (Å²) in [5.74, 6) is -2.77. The average Bonchev–Trinajstić information content (AvgIpc) is 2.96. The molecular weight excluding hydrogens is 326 g/mol. The molecule has 124 valence electrons. The number of rotatable bonds is 5. The van der Waals surface area contributed by atoms with Gasteiger partial charge in [-0.3, -0.25) is 4.79 Å². The van der Waals surface area contributed by atoms with E-state index in [0.717, 1.165) is 6.07 Å². The van der Waals surface area contributed by atoms with Gasteiger partial charge in [0, 0.05) is 24.9 Å². The van der Waals surface area contributed by atoms with Crippen molar-refractivity contribution >= 4 is 15.9 Å². The van der Waals surface area contributed by atoms with Gasteiger partial charge in [-0.2, -0.15) is 0 Å². The first-order chi connectivity index (χ1) is 10.7. The minimum atomic E-state index is -4.47. The number of hydrogen-bond donors (Lipinski definition) is 1. The number of amides is 1. The second-order valence-corrected chi connectivity index (χ2v) is 6.89. The molecule has 0 unspecified atom stereocenters. The zero-order valence-corrected chi connectivity index (χ0v) is 13.4. The van der Waals surface area contributed by atoms with E-state index < -0.39 is 32.5 Å². The Morgan fingerprint density at radius 3 is 2.43 bits per heavy atom. The fourth-order valence-corrected chi connectivity index (χ4v) is 3.16. The van der Waals surface area contributed by atoms with Crippen LogP contribution in [0.2, 0.25) is 0 Å². The monoisotopic (exact) mass is 342 g/mol. The predicted molar refractivity (Wildman–Crippen MR) is 80.2 cm³/mol. The summed E-state index contributed by atoms with van der Waals surface area (Å²) in [5.41, 5.74) is -0.0194. The summed E-state index contributed by atoms with van der Waals surface area (Å²) < 4.78 is 54.8. The first-order valence-corrected chi connectivity index (χ1v) is 8.33. The van der Waals surface area contributed by atoms with Crippen LogP contribution in [-0.4, -0.2) is 18.9 Å². The molecule has 8 heteroatoms. The number of hydrogen-bond acceptors (Lipinski definition) is 3. The largest absolute Gasteiger partial charge is 0.351 e. The smallest absolute Gasteiger partial charge is 0.267 e. The highest BCUT2D eigenvalue weighted by atomic mass is 32.2. The molecule has 2 aromatic rings. The van der Waals surface area contributed by atoms with Crippen LogP contribution in [-0.2, 0) is 14.8 Å². The van der Waals surface area contributed by atoms with E-state index in [1.165, 1.54) is 6.92 Å². The summed E-state index contributed by atoms with van der Waals surface area (Å²) in [6.45, 7) is 3.05. The van der Waals surface area contributed by atoms with Crippen molar-refractivity contribution in [2.45, 2.75) is 31.2 Å². The fraction of sp³-hybridized carbons (Fsp3) is 0.267. The van der Waals surface area contributed by atoms with Gasteiger partial charge < -0.3 is 4.57 Å². The number of carbonyl (C=O) groups is 1. The van der Waals surface area contributed by atoms with Crippen LogP contribution >= 0.6 is 0 Å². The molecule has 1 atom stereocenters. The number of nitrogens with zero attached hydrogens (tertiary/aromatic N) is 1. The molecule has 0 radical (unpaired) electrons.